The molecule has 0 spiro atoms. The fourth-order valence-corrected chi connectivity index (χ4v) is 22.8. The zero-order chi connectivity index (χ0) is 85.2. The van der Waals surface area contributed by atoms with E-state index in [9.17, 15) is 0 Å². The van der Waals surface area contributed by atoms with Gasteiger partial charge in [-0.1, -0.05) is 317 Å². The van der Waals surface area contributed by atoms with Gasteiger partial charge in [-0.25, -0.2) is 0 Å². The highest BCUT2D eigenvalue weighted by atomic mass is 16.3. The Bertz CT molecular complexity index is 9320. The van der Waals surface area contributed by atoms with Crippen LogP contribution in [0.3, 0.4) is 0 Å². The van der Waals surface area contributed by atoms with Gasteiger partial charge < -0.3 is 13.4 Å². The number of fused-ring (bicyclic) bond motifs is 30. The average molecular weight is 1640 g/mol. The van der Waals surface area contributed by atoms with Crippen LogP contribution in [0.5, 0.6) is 0 Å². The Morgan fingerprint density at radius 3 is 1.13 bits per heavy atom. The molecule has 3 nitrogen and oxygen atoms in total. The highest BCUT2D eigenvalue weighted by Crippen LogP contribution is 2.55. The van der Waals surface area contributed by atoms with E-state index in [-0.39, 0.29) is 5.41 Å². The van der Waals surface area contributed by atoms with Crippen molar-refractivity contribution in [2.45, 2.75) is 39.7 Å². The number of rotatable bonds is 10. The van der Waals surface area contributed by atoms with Gasteiger partial charge in [-0.2, -0.15) is 0 Å². The summed E-state index contributed by atoms with van der Waals surface area (Å²) in [5.41, 5.74) is 33.5. The molecule has 0 saturated carbocycles. The predicted molar refractivity (Wildman–Crippen MR) is 548 cm³/mol. The summed E-state index contributed by atoms with van der Waals surface area (Å²) in [7, 11) is 0. The third-order valence-corrected chi connectivity index (χ3v) is 28.9. The lowest BCUT2D eigenvalue weighted by atomic mass is 9.77. The number of furan rings is 2. The van der Waals surface area contributed by atoms with E-state index in [0.717, 1.165) is 89.4 Å². The molecule has 0 bridgehead atoms. The first-order chi connectivity index (χ1) is 63.5. The van der Waals surface area contributed by atoms with E-state index in [0.29, 0.717) is 0 Å². The van der Waals surface area contributed by atoms with Crippen LogP contribution in [0.4, 0.5) is 0 Å². The lowest BCUT2D eigenvalue weighted by Gasteiger charge is -2.26. The standard InChI is InChI=1S/C126H81NO2/c1-5-127-118-56-46-80(75-22-18-21-74(60-75)77-40-50-98-91-25-7-6-23-89(91)90-24-9-11-29-95(90)111(98)65-77)68-114(118)103-54-45-84(71-119(103)127)110-64-76(43-53-101(110)108-36-20-37-109-102-49-39-73(2)59-117(102)126(3,4)125(108)109)78-41-51-99-100-52-42-79(67-113(100)97-31-13-12-30-96(97)112(99)66-78)83-44-55-105-116-70-82(48-58-122(116)129-123(105)72-83)86-61-85(81-47-57-121-115(69-81)104-32-16-17-38-120(104)128-121)62-87(63-86)88-34-19-35-107-94-27-10-8-26-92(94)93-28-14-15-33-106(93)124(88)107/h6-72H,5H2,1-4H3. The Morgan fingerprint density at radius 2 is 0.558 bits per heavy atom. The monoisotopic (exact) mass is 1640 g/mol. The van der Waals surface area contributed by atoms with Crippen LogP contribution < -0.4 is 0 Å². The number of hydrogen-bond acceptors (Lipinski definition) is 2. The summed E-state index contributed by atoms with van der Waals surface area (Å²) in [6.45, 7) is 10.2. The van der Waals surface area contributed by atoms with Crippen LogP contribution in [-0.2, 0) is 12.0 Å². The van der Waals surface area contributed by atoms with Gasteiger partial charge in [0.05, 0.1) is 0 Å². The van der Waals surface area contributed by atoms with Crippen molar-refractivity contribution < 1.29 is 8.83 Å². The van der Waals surface area contributed by atoms with Crippen LogP contribution in [0.2, 0.25) is 0 Å². The molecule has 602 valence electrons. The second kappa shape index (κ2) is 27.9. The molecule has 0 fully saturated rings. The normalized spacial score (nSPS) is 12.7. The van der Waals surface area contributed by atoms with Crippen molar-refractivity contribution in [2.24, 2.45) is 0 Å². The van der Waals surface area contributed by atoms with Crippen molar-refractivity contribution in [2.75, 3.05) is 0 Å². The van der Waals surface area contributed by atoms with E-state index in [2.05, 4.69) is 433 Å². The van der Waals surface area contributed by atoms with E-state index in [1.54, 1.807) is 0 Å². The third-order valence-electron chi connectivity index (χ3n) is 28.9. The number of aryl methyl sites for hydroxylation is 2. The molecule has 0 saturated heterocycles. The molecular formula is C126H81NO2. The number of hydrogen-bond donors (Lipinski definition) is 0. The van der Waals surface area contributed by atoms with Crippen molar-refractivity contribution in [3.8, 4) is 111 Å². The summed E-state index contributed by atoms with van der Waals surface area (Å²) in [4.78, 5) is 0. The molecule has 0 amide bonds. The van der Waals surface area contributed by atoms with Crippen molar-refractivity contribution in [3.05, 3.63) is 423 Å². The molecule has 26 aromatic rings. The smallest absolute Gasteiger partial charge is 0.136 e. The van der Waals surface area contributed by atoms with E-state index in [4.69, 9.17) is 8.83 Å². The molecule has 0 unspecified atom stereocenters. The fourth-order valence-electron chi connectivity index (χ4n) is 22.8. The first-order valence-corrected chi connectivity index (χ1v) is 45.2. The van der Waals surface area contributed by atoms with Crippen LogP contribution in [0.1, 0.15) is 37.5 Å². The number of aromatic nitrogens is 1. The van der Waals surface area contributed by atoms with Crippen molar-refractivity contribution in [1.29, 1.82) is 0 Å². The highest BCUT2D eigenvalue weighted by Gasteiger charge is 2.38. The maximum Gasteiger partial charge on any atom is 0.136 e. The summed E-state index contributed by atoms with van der Waals surface area (Å²) in [5, 5.41) is 29.4. The SMILES string of the molecule is CCn1c2ccc(-c3cccc(-c4ccc5c6ccccc6c6ccccc6c5c4)c3)cc2c2ccc(-c3cc(-c4ccc5c6ccc(-c7ccc8c(c7)oc7ccc(-c9cc(-c%10ccc%11oc%12ccccc%12c%11c%10)cc(-c%10cccc%11c%12ccccc%12c%12ccccc%12c%10%11)c9)cc78)cc6c6ccccc6c5c4)ccc3-c3cccc4c3C(C)(C)c3cc(C)ccc3-4)cc21. The summed E-state index contributed by atoms with van der Waals surface area (Å²) in [6, 6.07) is 153. The molecule has 1 aliphatic rings. The molecule has 0 aliphatic heterocycles. The van der Waals surface area contributed by atoms with Gasteiger partial charge in [-0.15, -0.1) is 0 Å². The second-order valence-corrected chi connectivity index (χ2v) is 36.3. The molecule has 3 heteroatoms. The van der Waals surface area contributed by atoms with Crippen LogP contribution in [0.15, 0.2) is 415 Å². The molecule has 0 atom stereocenters. The molecule has 0 N–H and O–H groups in total. The molecule has 23 aromatic carbocycles. The quantitative estimate of drug-likeness (QED) is 0.128. The Morgan fingerprint density at radius 1 is 0.202 bits per heavy atom. The largest absolute Gasteiger partial charge is 0.456 e. The Labute approximate surface area is 744 Å². The molecule has 1 aliphatic carbocycles. The maximum atomic E-state index is 6.93. The van der Waals surface area contributed by atoms with Crippen LogP contribution in [0.25, 0.3) is 274 Å². The Balaban J connectivity index is 0.552. The molecule has 129 heavy (non-hydrogen) atoms. The molecule has 0 radical (unpaired) electrons. The first kappa shape index (κ1) is 73.2. The summed E-state index contributed by atoms with van der Waals surface area (Å²) < 4.78 is 15.8. The predicted octanol–water partition coefficient (Wildman–Crippen LogP) is 35.6. The van der Waals surface area contributed by atoms with Crippen LogP contribution in [0, 0.1) is 6.92 Å². The van der Waals surface area contributed by atoms with Crippen molar-refractivity contribution in [1.82, 2.24) is 4.57 Å². The third kappa shape index (κ3) is 11.1. The maximum absolute atomic E-state index is 6.93. The van der Waals surface area contributed by atoms with Gasteiger partial charge >= 0.3 is 0 Å². The zero-order valence-corrected chi connectivity index (χ0v) is 71.7. The van der Waals surface area contributed by atoms with Gasteiger partial charge in [0.25, 0.3) is 0 Å². The number of nitrogens with zero attached hydrogens (tertiary/aromatic N) is 1. The summed E-state index contributed by atoms with van der Waals surface area (Å²) in [5.74, 6) is 0. The van der Waals surface area contributed by atoms with Gasteiger partial charge in [0.15, 0.2) is 0 Å². The summed E-state index contributed by atoms with van der Waals surface area (Å²) >= 11 is 0. The van der Waals surface area contributed by atoms with Crippen molar-refractivity contribution in [3.63, 3.8) is 0 Å². The van der Waals surface area contributed by atoms with Gasteiger partial charge in [0.2, 0.25) is 0 Å². The van der Waals surface area contributed by atoms with Crippen molar-refractivity contribution >= 4 is 163 Å². The van der Waals surface area contributed by atoms with E-state index >= 15 is 0 Å². The number of para-hydroxylation sites is 1. The topological polar surface area (TPSA) is 31.2 Å². The molecule has 3 heterocycles. The lowest BCUT2D eigenvalue weighted by molar-refractivity contribution is 0.661. The van der Waals surface area contributed by atoms with E-state index < -0.39 is 0 Å². The van der Waals surface area contributed by atoms with Crippen LogP contribution in [-0.4, -0.2) is 4.57 Å². The summed E-state index contributed by atoms with van der Waals surface area (Å²) in [6.07, 6.45) is 0. The van der Waals surface area contributed by atoms with E-state index in [1.165, 1.54) is 208 Å². The van der Waals surface area contributed by atoms with Crippen LogP contribution >= 0.6 is 0 Å². The molecule has 27 rings (SSSR count). The van der Waals surface area contributed by atoms with Gasteiger partial charge in [-0.3, -0.25) is 0 Å². The lowest BCUT2D eigenvalue weighted by Crippen LogP contribution is -2.16. The molecule has 3 aromatic heterocycles. The number of benzene rings is 23. The minimum Gasteiger partial charge on any atom is -0.456 e. The van der Waals surface area contributed by atoms with Gasteiger partial charge in [0, 0.05) is 55.3 Å². The highest BCUT2D eigenvalue weighted by molar-refractivity contribution is 6.30. The first-order valence-electron chi connectivity index (χ1n) is 45.2. The minimum atomic E-state index is -0.234. The average Bonchev–Trinajstić information content (AvgIpc) is 1.49. The molecular weight excluding hydrogens is 1560 g/mol. The fraction of sp³-hybridized carbons (Fsp3) is 0.0476. The zero-order valence-electron chi connectivity index (χ0n) is 71.7. The van der Waals surface area contributed by atoms with E-state index in [1.807, 2.05) is 6.07 Å². The second-order valence-electron chi connectivity index (χ2n) is 36.3. The van der Waals surface area contributed by atoms with Gasteiger partial charge in [0.1, 0.15) is 22.3 Å². The van der Waals surface area contributed by atoms with Gasteiger partial charge in [-0.05, 0) is 342 Å². The minimum absolute atomic E-state index is 0.234. The Hall–Kier alpha value is -16.2. The Kier molecular flexibility index (Phi) is 15.8.